The Morgan fingerprint density at radius 2 is 1.81 bits per heavy atom. The molecular formula is C22H27N5O4. The zero-order valence-corrected chi connectivity index (χ0v) is 17.6. The Morgan fingerprint density at radius 3 is 2.42 bits per heavy atom. The maximum absolute atomic E-state index is 12.2. The Balaban J connectivity index is 1.39. The maximum atomic E-state index is 12.2. The Hall–Kier alpha value is -3.46. The van der Waals surface area contributed by atoms with Gasteiger partial charge in [0.1, 0.15) is 5.75 Å². The molecule has 0 spiro atoms. The van der Waals surface area contributed by atoms with Crippen molar-refractivity contribution < 1.29 is 14.5 Å². The molecule has 1 N–H and O–H groups in total. The fourth-order valence-electron chi connectivity index (χ4n) is 3.24. The lowest BCUT2D eigenvalue weighted by atomic mass is 10.2. The molecule has 1 fully saturated rings. The number of non-ortho nitro benzene ring substituents is 1. The van der Waals surface area contributed by atoms with Gasteiger partial charge in [0.25, 0.3) is 11.6 Å². The van der Waals surface area contributed by atoms with E-state index in [0.717, 1.165) is 49.6 Å². The predicted octanol–water partition coefficient (Wildman–Crippen LogP) is 2.66. The van der Waals surface area contributed by atoms with Crippen molar-refractivity contribution in [2.45, 2.75) is 13.3 Å². The first-order chi connectivity index (χ1) is 15.0. The molecule has 164 valence electrons. The van der Waals surface area contributed by atoms with Crippen molar-refractivity contribution in [1.29, 1.82) is 0 Å². The zero-order valence-electron chi connectivity index (χ0n) is 17.6. The molecule has 0 atom stereocenters. The van der Waals surface area contributed by atoms with Crippen LogP contribution in [-0.2, 0) is 4.79 Å². The van der Waals surface area contributed by atoms with Crippen LogP contribution in [0.25, 0.3) is 0 Å². The quantitative estimate of drug-likeness (QED) is 0.377. The molecule has 0 bridgehead atoms. The van der Waals surface area contributed by atoms with Gasteiger partial charge in [-0.15, -0.1) is 0 Å². The van der Waals surface area contributed by atoms with Gasteiger partial charge in [-0.3, -0.25) is 19.8 Å². The lowest BCUT2D eigenvalue weighted by Gasteiger charge is -2.35. The number of carbonyl (C=O) groups excluding carboxylic acids is 1. The number of hydrogen-bond donors (Lipinski definition) is 1. The summed E-state index contributed by atoms with van der Waals surface area (Å²) in [7, 11) is 0. The minimum absolute atomic E-state index is 0.0837. The van der Waals surface area contributed by atoms with E-state index in [4.69, 9.17) is 4.74 Å². The Bertz CT molecular complexity index is 891. The van der Waals surface area contributed by atoms with Crippen LogP contribution in [0.4, 0.5) is 11.4 Å². The summed E-state index contributed by atoms with van der Waals surface area (Å²) >= 11 is 0. The summed E-state index contributed by atoms with van der Waals surface area (Å²) < 4.78 is 5.54. The Kier molecular flexibility index (Phi) is 7.94. The van der Waals surface area contributed by atoms with Crippen LogP contribution >= 0.6 is 0 Å². The van der Waals surface area contributed by atoms with Crippen molar-refractivity contribution in [3.63, 3.8) is 0 Å². The standard InChI is InChI=1S/C22H27N5O4/c1-2-15-31-21-9-3-18(4-10-21)16-23-24-22(28)17-25-11-13-26(14-12-25)19-5-7-20(8-6-19)27(29)30/h3-10,16H,2,11-15,17H2,1H3,(H,24,28)/b23-16+. The summed E-state index contributed by atoms with van der Waals surface area (Å²) in [5.74, 6) is 0.652. The van der Waals surface area contributed by atoms with Gasteiger partial charge in [0.15, 0.2) is 0 Å². The van der Waals surface area contributed by atoms with E-state index in [1.54, 1.807) is 18.3 Å². The zero-order chi connectivity index (χ0) is 22.1. The third-order valence-corrected chi connectivity index (χ3v) is 4.92. The second kappa shape index (κ2) is 11.1. The first-order valence-electron chi connectivity index (χ1n) is 10.3. The highest BCUT2D eigenvalue weighted by molar-refractivity contribution is 5.83. The second-order valence-electron chi connectivity index (χ2n) is 7.25. The van der Waals surface area contributed by atoms with E-state index in [9.17, 15) is 14.9 Å². The van der Waals surface area contributed by atoms with Crippen LogP contribution in [0.15, 0.2) is 53.6 Å². The second-order valence-corrected chi connectivity index (χ2v) is 7.25. The molecule has 2 aromatic rings. The molecule has 0 saturated carbocycles. The van der Waals surface area contributed by atoms with Crippen LogP contribution in [-0.4, -0.2) is 61.3 Å². The molecule has 0 radical (unpaired) electrons. The fourth-order valence-corrected chi connectivity index (χ4v) is 3.24. The number of nitro groups is 1. The normalized spacial score (nSPS) is 14.5. The van der Waals surface area contributed by atoms with E-state index in [1.165, 1.54) is 12.1 Å². The van der Waals surface area contributed by atoms with Gasteiger partial charge < -0.3 is 9.64 Å². The van der Waals surface area contributed by atoms with E-state index in [1.807, 2.05) is 24.3 Å². The molecule has 1 saturated heterocycles. The minimum Gasteiger partial charge on any atom is -0.494 e. The molecule has 1 amide bonds. The number of ether oxygens (including phenoxy) is 1. The van der Waals surface area contributed by atoms with Crippen LogP contribution < -0.4 is 15.1 Å². The van der Waals surface area contributed by atoms with E-state index in [-0.39, 0.29) is 18.1 Å². The molecule has 2 aromatic carbocycles. The summed E-state index contributed by atoms with van der Waals surface area (Å²) in [6, 6.07) is 14.1. The Labute approximate surface area is 181 Å². The summed E-state index contributed by atoms with van der Waals surface area (Å²) in [5, 5.41) is 14.8. The van der Waals surface area contributed by atoms with Crippen molar-refractivity contribution in [2.75, 3.05) is 44.2 Å². The molecule has 0 aliphatic carbocycles. The molecule has 1 aliphatic rings. The number of carbonyl (C=O) groups is 1. The average molecular weight is 425 g/mol. The highest BCUT2D eigenvalue weighted by Gasteiger charge is 2.19. The predicted molar refractivity (Wildman–Crippen MR) is 120 cm³/mol. The molecule has 31 heavy (non-hydrogen) atoms. The molecule has 0 unspecified atom stereocenters. The summed E-state index contributed by atoms with van der Waals surface area (Å²) in [6.07, 6.45) is 2.56. The molecule has 1 aliphatic heterocycles. The third-order valence-electron chi connectivity index (χ3n) is 4.92. The van der Waals surface area contributed by atoms with Crippen molar-refractivity contribution in [2.24, 2.45) is 5.10 Å². The molecular weight excluding hydrogens is 398 g/mol. The van der Waals surface area contributed by atoms with Crippen LogP contribution in [0.5, 0.6) is 5.75 Å². The maximum Gasteiger partial charge on any atom is 0.269 e. The van der Waals surface area contributed by atoms with E-state index in [0.29, 0.717) is 6.61 Å². The first kappa shape index (κ1) is 22.2. The van der Waals surface area contributed by atoms with Crippen molar-refractivity contribution in [3.05, 3.63) is 64.2 Å². The lowest BCUT2D eigenvalue weighted by molar-refractivity contribution is -0.384. The van der Waals surface area contributed by atoms with Crippen LogP contribution in [0, 0.1) is 10.1 Å². The third kappa shape index (κ3) is 6.78. The monoisotopic (exact) mass is 425 g/mol. The van der Waals surface area contributed by atoms with Gasteiger partial charge in [0.2, 0.25) is 0 Å². The number of amides is 1. The Morgan fingerprint density at radius 1 is 1.13 bits per heavy atom. The lowest BCUT2D eigenvalue weighted by Crippen LogP contribution is -2.49. The number of benzene rings is 2. The van der Waals surface area contributed by atoms with Gasteiger partial charge in [-0.25, -0.2) is 5.43 Å². The average Bonchev–Trinajstić information content (AvgIpc) is 2.79. The molecule has 1 heterocycles. The first-order valence-corrected chi connectivity index (χ1v) is 10.3. The van der Waals surface area contributed by atoms with E-state index in [2.05, 4.69) is 27.3 Å². The number of hydrazone groups is 1. The van der Waals surface area contributed by atoms with Crippen molar-refractivity contribution in [1.82, 2.24) is 10.3 Å². The molecule has 9 heteroatoms. The smallest absolute Gasteiger partial charge is 0.269 e. The summed E-state index contributed by atoms with van der Waals surface area (Å²) in [5.41, 5.74) is 4.48. The van der Waals surface area contributed by atoms with Gasteiger partial charge >= 0.3 is 0 Å². The largest absolute Gasteiger partial charge is 0.494 e. The van der Waals surface area contributed by atoms with E-state index < -0.39 is 4.92 Å². The number of piperazine rings is 1. The summed E-state index contributed by atoms with van der Waals surface area (Å²) in [4.78, 5) is 26.7. The molecule has 0 aromatic heterocycles. The summed E-state index contributed by atoms with van der Waals surface area (Å²) in [6.45, 7) is 5.98. The van der Waals surface area contributed by atoms with Gasteiger partial charge in [0.05, 0.1) is 24.3 Å². The minimum atomic E-state index is -0.403. The van der Waals surface area contributed by atoms with Gasteiger partial charge in [-0.05, 0) is 48.4 Å². The highest BCUT2D eigenvalue weighted by Crippen LogP contribution is 2.20. The SMILES string of the molecule is CCCOc1ccc(/C=N/NC(=O)CN2CCN(c3ccc([N+](=O)[O-])cc3)CC2)cc1. The van der Waals surface area contributed by atoms with Crippen LogP contribution in [0.2, 0.25) is 0 Å². The topological polar surface area (TPSA) is 100 Å². The molecule has 9 nitrogen and oxygen atoms in total. The number of nitrogens with one attached hydrogen (secondary N) is 1. The van der Waals surface area contributed by atoms with Gasteiger partial charge in [0, 0.05) is 44.0 Å². The number of nitrogens with zero attached hydrogens (tertiary/aromatic N) is 4. The van der Waals surface area contributed by atoms with Crippen LogP contribution in [0.3, 0.4) is 0 Å². The van der Waals surface area contributed by atoms with E-state index >= 15 is 0 Å². The molecule has 3 rings (SSSR count). The fraction of sp³-hybridized carbons (Fsp3) is 0.364. The van der Waals surface area contributed by atoms with Crippen molar-refractivity contribution in [3.8, 4) is 5.75 Å². The van der Waals surface area contributed by atoms with Gasteiger partial charge in [-0.1, -0.05) is 6.92 Å². The van der Waals surface area contributed by atoms with Gasteiger partial charge in [-0.2, -0.15) is 5.10 Å². The highest BCUT2D eigenvalue weighted by atomic mass is 16.6. The number of hydrogen-bond acceptors (Lipinski definition) is 7. The number of anilines is 1. The number of rotatable bonds is 9. The van der Waals surface area contributed by atoms with Crippen LogP contribution in [0.1, 0.15) is 18.9 Å². The van der Waals surface area contributed by atoms with Crippen molar-refractivity contribution >= 4 is 23.5 Å². The number of nitro benzene ring substituents is 1.